The van der Waals surface area contributed by atoms with E-state index in [0.717, 1.165) is 11.1 Å². The molecular formula is C16H13Cl2NO. The van der Waals surface area contributed by atoms with E-state index in [9.17, 15) is 0 Å². The molecule has 2 aromatic rings. The maximum absolute atomic E-state index is 5.94. The Kier molecular flexibility index (Phi) is 5.31. The minimum absolute atomic E-state index is 0.351. The Morgan fingerprint density at radius 3 is 2.65 bits per heavy atom. The second-order valence-corrected chi connectivity index (χ2v) is 4.89. The van der Waals surface area contributed by atoms with Crippen molar-refractivity contribution in [2.45, 2.75) is 6.61 Å². The van der Waals surface area contributed by atoms with Crippen LogP contribution in [-0.2, 0) is 6.61 Å². The van der Waals surface area contributed by atoms with Crippen molar-refractivity contribution in [3.63, 3.8) is 0 Å². The molecule has 0 aliphatic rings. The van der Waals surface area contributed by atoms with Gasteiger partial charge in [-0.25, -0.2) is 0 Å². The van der Waals surface area contributed by atoms with Crippen LogP contribution in [-0.4, -0.2) is 6.54 Å². The van der Waals surface area contributed by atoms with Gasteiger partial charge in [-0.1, -0.05) is 47.2 Å². The first kappa shape index (κ1) is 14.7. The highest BCUT2D eigenvalue weighted by molar-refractivity contribution is 6.42. The Labute approximate surface area is 128 Å². The molecule has 0 amide bonds. The number of benzene rings is 2. The SMILES string of the molecule is NCC#Cc1cccc(COc2ccc(Cl)c(Cl)c2)c1. The van der Waals surface area contributed by atoms with Gasteiger partial charge in [-0.15, -0.1) is 0 Å². The summed E-state index contributed by atoms with van der Waals surface area (Å²) < 4.78 is 5.67. The Morgan fingerprint density at radius 1 is 1.05 bits per heavy atom. The van der Waals surface area contributed by atoms with Crippen LogP contribution in [0.25, 0.3) is 0 Å². The quantitative estimate of drug-likeness (QED) is 0.873. The van der Waals surface area contributed by atoms with Gasteiger partial charge in [-0.2, -0.15) is 0 Å². The summed E-state index contributed by atoms with van der Waals surface area (Å²) in [5.74, 6) is 6.49. The molecule has 2 aromatic carbocycles. The van der Waals surface area contributed by atoms with Crippen LogP contribution in [0.3, 0.4) is 0 Å². The minimum atomic E-state index is 0.351. The maximum Gasteiger partial charge on any atom is 0.121 e. The van der Waals surface area contributed by atoms with E-state index in [1.54, 1.807) is 18.2 Å². The van der Waals surface area contributed by atoms with E-state index in [4.69, 9.17) is 33.7 Å². The van der Waals surface area contributed by atoms with Crippen LogP contribution in [0.2, 0.25) is 10.0 Å². The van der Waals surface area contributed by atoms with Crippen LogP contribution in [0, 0.1) is 11.8 Å². The molecule has 0 saturated heterocycles. The van der Waals surface area contributed by atoms with Crippen LogP contribution < -0.4 is 10.5 Å². The average Bonchev–Trinajstić information content (AvgIpc) is 2.47. The van der Waals surface area contributed by atoms with Crippen molar-refractivity contribution >= 4 is 23.2 Å². The molecule has 0 atom stereocenters. The second kappa shape index (κ2) is 7.21. The highest BCUT2D eigenvalue weighted by atomic mass is 35.5. The molecule has 0 aromatic heterocycles. The number of rotatable bonds is 3. The van der Waals surface area contributed by atoms with Gasteiger partial charge in [0.25, 0.3) is 0 Å². The zero-order valence-electron chi connectivity index (χ0n) is 10.7. The van der Waals surface area contributed by atoms with Gasteiger partial charge in [-0.3, -0.25) is 0 Å². The molecule has 0 heterocycles. The van der Waals surface area contributed by atoms with Crippen LogP contribution in [0.4, 0.5) is 0 Å². The lowest BCUT2D eigenvalue weighted by Crippen LogP contribution is -1.96. The maximum atomic E-state index is 5.94. The molecule has 2 rings (SSSR count). The fraction of sp³-hybridized carbons (Fsp3) is 0.125. The summed E-state index contributed by atoms with van der Waals surface area (Å²) >= 11 is 11.8. The summed E-state index contributed by atoms with van der Waals surface area (Å²) in [7, 11) is 0. The summed E-state index contributed by atoms with van der Waals surface area (Å²) in [5.41, 5.74) is 7.30. The Balaban J connectivity index is 2.05. The lowest BCUT2D eigenvalue weighted by Gasteiger charge is -2.07. The molecule has 0 bridgehead atoms. The number of hydrogen-bond acceptors (Lipinski definition) is 2. The molecule has 2 N–H and O–H groups in total. The molecular weight excluding hydrogens is 293 g/mol. The number of halogens is 2. The highest BCUT2D eigenvalue weighted by Gasteiger charge is 2.01. The van der Waals surface area contributed by atoms with Crippen molar-refractivity contribution in [1.82, 2.24) is 0 Å². The summed E-state index contributed by atoms with van der Waals surface area (Å²) in [6, 6.07) is 13.0. The predicted octanol–water partition coefficient (Wildman–Crippen LogP) is 3.88. The Morgan fingerprint density at radius 2 is 1.90 bits per heavy atom. The van der Waals surface area contributed by atoms with E-state index in [1.807, 2.05) is 24.3 Å². The van der Waals surface area contributed by atoms with Crippen molar-refractivity contribution in [3.05, 3.63) is 63.6 Å². The molecule has 20 heavy (non-hydrogen) atoms. The van der Waals surface area contributed by atoms with E-state index >= 15 is 0 Å². The molecule has 0 radical (unpaired) electrons. The summed E-state index contributed by atoms with van der Waals surface area (Å²) in [5, 5.41) is 0.991. The molecule has 2 nitrogen and oxygen atoms in total. The van der Waals surface area contributed by atoms with E-state index in [0.29, 0.717) is 28.9 Å². The minimum Gasteiger partial charge on any atom is -0.489 e. The first-order valence-corrected chi connectivity index (χ1v) is 6.80. The fourth-order valence-electron chi connectivity index (χ4n) is 1.63. The molecule has 0 unspecified atom stereocenters. The number of hydrogen-bond donors (Lipinski definition) is 1. The predicted molar refractivity (Wildman–Crippen MR) is 83.2 cm³/mol. The number of ether oxygens (including phenoxy) is 1. The van der Waals surface area contributed by atoms with E-state index in [2.05, 4.69) is 11.8 Å². The standard InChI is InChI=1S/C16H13Cl2NO/c17-15-7-6-14(10-16(15)18)20-11-13-4-1-3-12(9-13)5-2-8-19/h1,3-4,6-7,9-10H,8,11,19H2. The topological polar surface area (TPSA) is 35.2 Å². The van der Waals surface area contributed by atoms with Crippen LogP contribution >= 0.6 is 23.2 Å². The van der Waals surface area contributed by atoms with Gasteiger partial charge in [0.15, 0.2) is 0 Å². The van der Waals surface area contributed by atoms with Gasteiger partial charge in [0.05, 0.1) is 16.6 Å². The fourth-order valence-corrected chi connectivity index (χ4v) is 1.91. The Hall–Kier alpha value is -1.66. The van der Waals surface area contributed by atoms with Crippen LogP contribution in [0.5, 0.6) is 5.75 Å². The summed E-state index contributed by atoms with van der Waals surface area (Å²) in [4.78, 5) is 0. The van der Waals surface area contributed by atoms with Crippen LogP contribution in [0.1, 0.15) is 11.1 Å². The molecule has 0 aliphatic heterocycles. The van der Waals surface area contributed by atoms with Gasteiger partial charge in [-0.05, 0) is 29.8 Å². The van der Waals surface area contributed by atoms with E-state index < -0.39 is 0 Å². The lowest BCUT2D eigenvalue weighted by molar-refractivity contribution is 0.306. The van der Waals surface area contributed by atoms with Gasteiger partial charge >= 0.3 is 0 Å². The summed E-state index contributed by atoms with van der Waals surface area (Å²) in [6.45, 7) is 0.792. The highest BCUT2D eigenvalue weighted by Crippen LogP contribution is 2.26. The third-order valence-corrected chi connectivity index (χ3v) is 3.30. The smallest absolute Gasteiger partial charge is 0.121 e. The van der Waals surface area contributed by atoms with Crippen molar-refractivity contribution in [3.8, 4) is 17.6 Å². The molecule has 0 fully saturated rings. The number of nitrogens with two attached hydrogens (primary N) is 1. The average molecular weight is 306 g/mol. The molecule has 0 spiro atoms. The van der Waals surface area contributed by atoms with E-state index in [-0.39, 0.29) is 0 Å². The zero-order chi connectivity index (χ0) is 14.4. The van der Waals surface area contributed by atoms with Crippen LogP contribution in [0.15, 0.2) is 42.5 Å². The van der Waals surface area contributed by atoms with E-state index in [1.165, 1.54) is 0 Å². The van der Waals surface area contributed by atoms with Crippen molar-refractivity contribution in [1.29, 1.82) is 0 Å². The molecule has 4 heteroatoms. The monoisotopic (exact) mass is 305 g/mol. The Bertz CT molecular complexity index is 659. The van der Waals surface area contributed by atoms with Gasteiger partial charge in [0.2, 0.25) is 0 Å². The third-order valence-electron chi connectivity index (χ3n) is 2.56. The molecule has 0 aliphatic carbocycles. The normalized spacial score (nSPS) is 9.75. The first-order chi connectivity index (χ1) is 9.69. The van der Waals surface area contributed by atoms with Gasteiger partial charge < -0.3 is 10.5 Å². The summed E-state index contributed by atoms with van der Waals surface area (Å²) in [6.07, 6.45) is 0. The molecule has 0 saturated carbocycles. The second-order valence-electron chi connectivity index (χ2n) is 4.07. The van der Waals surface area contributed by atoms with Crippen molar-refractivity contribution < 1.29 is 4.74 Å². The molecule has 102 valence electrons. The third kappa shape index (κ3) is 4.18. The van der Waals surface area contributed by atoms with Crippen molar-refractivity contribution in [2.75, 3.05) is 6.54 Å². The largest absolute Gasteiger partial charge is 0.489 e. The van der Waals surface area contributed by atoms with Crippen molar-refractivity contribution in [2.24, 2.45) is 5.73 Å². The zero-order valence-corrected chi connectivity index (χ0v) is 12.2. The lowest BCUT2D eigenvalue weighted by atomic mass is 10.1. The first-order valence-electron chi connectivity index (χ1n) is 6.05. The van der Waals surface area contributed by atoms with Gasteiger partial charge in [0, 0.05) is 11.6 Å². The van der Waals surface area contributed by atoms with Gasteiger partial charge in [0.1, 0.15) is 12.4 Å².